The van der Waals surface area contributed by atoms with Crippen LogP contribution >= 0.6 is 11.3 Å². The van der Waals surface area contributed by atoms with Crippen molar-refractivity contribution in [3.63, 3.8) is 0 Å². The van der Waals surface area contributed by atoms with Crippen molar-refractivity contribution in [1.29, 1.82) is 0 Å². The number of nitrogens with zero attached hydrogens (tertiary/aromatic N) is 3. The molecule has 3 rings (SSSR count). The lowest BCUT2D eigenvalue weighted by Crippen LogP contribution is -1.94. The molecule has 1 N–H and O–H groups in total. The molecule has 116 valence electrons. The third-order valence-corrected chi connectivity index (χ3v) is 3.83. The van der Waals surface area contributed by atoms with Gasteiger partial charge in [0.25, 0.3) is 0 Å². The Bertz CT molecular complexity index is 836. The number of nitro groups is 1. The normalized spacial score (nSPS) is 10.3. The molecule has 0 unspecified atom stereocenters. The van der Waals surface area contributed by atoms with E-state index in [9.17, 15) is 10.1 Å². The summed E-state index contributed by atoms with van der Waals surface area (Å²) in [7, 11) is 1.40. The molecular formula is C15H12N4O3S. The number of benzene rings is 1. The van der Waals surface area contributed by atoms with Gasteiger partial charge < -0.3 is 10.1 Å². The van der Waals surface area contributed by atoms with E-state index >= 15 is 0 Å². The molecule has 0 bridgehead atoms. The van der Waals surface area contributed by atoms with Gasteiger partial charge in [-0.25, -0.2) is 9.97 Å². The Labute approximate surface area is 135 Å². The molecule has 0 spiro atoms. The molecule has 8 heteroatoms. The van der Waals surface area contributed by atoms with E-state index in [1.54, 1.807) is 18.3 Å². The van der Waals surface area contributed by atoms with Crippen molar-refractivity contribution in [3.8, 4) is 17.0 Å². The molecule has 0 amide bonds. The van der Waals surface area contributed by atoms with E-state index in [1.165, 1.54) is 24.5 Å². The van der Waals surface area contributed by atoms with Gasteiger partial charge in [0.05, 0.1) is 17.7 Å². The summed E-state index contributed by atoms with van der Waals surface area (Å²) in [6, 6.07) is 10.3. The van der Waals surface area contributed by atoms with Crippen LogP contribution in [0.1, 0.15) is 0 Å². The monoisotopic (exact) mass is 328 g/mol. The van der Waals surface area contributed by atoms with E-state index in [1.807, 2.05) is 23.6 Å². The van der Waals surface area contributed by atoms with Crippen LogP contribution in [0.25, 0.3) is 11.3 Å². The highest BCUT2D eigenvalue weighted by atomic mass is 32.1. The predicted molar refractivity (Wildman–Crippen MR) is 88.3 cm³/mol. The van der Waals surface area contributed by atoms with Gasteiger partial charge in [0.2, 0.25) is 0 Å². The third kappa shape index (κ3) is 3.27. The Kier molecular flexibility index (Phi) is 4.15. The maximum atomic E-state index is 11.1. The quantitative estimate of drug-likeness (QED) is 0.565. The van der Waals surface area contributed by atoms with Gasteiger partial charge in [0, 0.05) is 23.2 Å². The highest BCUT2D eigenvalue weighted by Crippen LogP contribution is 2.33. The smallest absolute Gasteiger partial charge is 0.311 e. The second-order valence-corrected chi connectivity index (χ2v) is 5.38. The molecule has 0 aliphatic carbocycles. The lowest BCUT2D eigenvalue weighted by Gasteiger charge is -2.03. The minimum Gasteiger partial charge on any atom is -0.490 e. The van der Waals surface area contributed by atoms with Crippen molar-refractivity contribution >= 4 is 28.0 Å². The molecular weight excluding hydrogens is 316 g/mol. The van der Waals surface area contributed by atoms with Crippen molar-refractivity contribution < 1.29 is 9.66 Å². The maximum absolute atomic E-state index is 11.1. The van der Waals surface area contributed by atoms with Crippen LogP contribution in [0.2, 0.25) is 0 Å². The zero-order chi connectivity index (χ0) is 16.2. The first kappa shape index (κ1) is 14.9. The van der Waals surface area contributed by atoms with E-state index in [2.05, 4.69) is 15.3 Å². The fourth-order valence-corrected chi connectivity index (χ4v) is 2.73. The molecule has 3 aromatic rings. The summed E-state index contributed by atoms with van der Waals surface area (Å²) < 4.78 is 5.00. The van der Waals surface area contributed by atoms with Gasteiger partial charge in [0.15, 0.2) is 10.9 Å². The van der Waals surface area contributed by atoms with Crippen molar-refractivity contribution in [2.45, 2.75) is 0 Å². The number of anilines is 2. The zero-order valence-corrected chi connectivity index (χ0v) is 12.9. The van der Waals surface area contributed by atoms with Crippen LogP contribution in [0.5, 0.6) is 5.75 Å². The largest absolute Gasteiger partial charge is 0.490 e. The number of methoxy groups -OCH3 is 1. The molecule has 0 atom stereocenters. The van der Waals surface area contributed by atoms with Crippen molar-refractivity contribution in [2.75, 3.05) is 12.4 Å². The number of hydrogen-bond donors (Lipinski definition) is 1. The van der Waals surface area contributed by atoms with Gasteiger partial charge in [-0.05, 0) is 24.3 Å². The highest BCUT2D eigenvalue weighted by molar-refractivity contribution is 7.14. The fourth-order valence-electron chi connectivity index (χ4n) is 2.00. The zero-order valence-electron chi connectivity index (χ0n) is 12.1. The molecule has 7 nitrogen and oxygen atoms in total. The van der Waals surface area contributed by atoms with Crippen LogP contribution in [-0.2, 0) is 0 Å². The van der Waals surface area contributed by atoms with E-state index in [-0.39, 0.29) is 11.4 Å². The second-order valence-electron chi connectivity index (χ2n) is 4.52. The number of hydrogen-bond acceptors (Lipinski definition) is 7. The minimum absolute atomic E-state index is 0.0859. The SMILES string of the molecule is COc1ccc(-c2csc(Nc3ccccn3)n2)cc1[N+](=O)[O-]. The van der Waals surface area contributed by atoms with Crippen molar-refractivity contribution in [1.82, 2.24) is 9.97 Å². The molecule has 23 heavy (non-hydrogen) atoms. The van der Waals surface area contributed by atoms with E-state index in [0.717, 1.165) is 0 Å². The standard InChI is InChI=1S/C15H12N4O3S/c1-22-13-6-5-10(8-12(13)19(20)21)11-9-23-15(17-11)18-14-4-2-3-7-16-14/h2-9H,1H3,(H,16,17,18). The second kappa shape index (κ2) is 6.41. The Hall–Kier alpha value is -3.00. The van der Waals surface area contributed by atoms with Gasteiger partial charge in [-0.15, -0.1) is 11.3 Å². The Morgan fingerprint density at radius 1 is 1.30 bits per heavy atom. The third-order valence-electron chi connectivity index (χ3n) is 3.08. The minimum atomic E-state index is -0.470. The van der Waals surface area contributed by atoms with E-state index in [0.29, 0.717) is 22.2 Å². The fraction of sp³-hybridized carbons (Fsp3) is 0.0667. The number of thiazole rings is 1. The Balaban J connectivity index is 1.88. The van der Waals surface area contributed by atoms with Crippen LogP contribution < -0.4 is 10.1 Å². The molecule has 2 aromatic heterocycles. The van der Waals surface area contributed by atoms with Gasteiger partial charge in [0.1, 0.15) is 5.82 Å². The summed E-state index contributed by atoms with van der Waals surface area (Å²) in [5.74, 6) is 0.912. The first-order valence-electron chi connectivity index (χ1n) is 6.64. The van der Waals surface area contributed by atoms with Crippen LogP contribution in [0, 0.1) is 10.1 Å². The molecule has 0 saturated carbocycles. The first-order valence-corrected chi connectivity index (χ1v) is 7.52. The number of pyridine rings is 1. The molecule has 0 aliphatic rings. The Morgan fingerprint density at radius 3 is 2.87 bits per heavy atom. The first-order chi connectivity index (χ1) is 11.2. The number of rotatable bonds is 5. The van der Waals surface area contributed by atoms with Crippen LogP contribution in [-0.4, -0.2) is 22.0 Å². The van der Waals surface area contributed by atoms with Crippen LogP contribution in [0.15, 0.2) is 48.0 Å². The van der Waals surface area contributed by atoms with Gasteiger partial charge in [-0.1, -0.05) is 6.07 Å². The molecule has 0 saturated heterocycles. The predicted octanol–water partition coefficient (Wildman–Crippen LogP) is 3.87. The lowest BCUT2D eigenvalue weighted by atomic mass is 10.1. The molecule has 0 fully saturated rings. The van der Waals surface area contributed by atoms with E-state index < -0.39 is 4.92 Å². The summed E-state index contributed by atoms with van der Waals surface area (Å²) in [5.41, 5.74) is 1.22. The van der Waals surface area contributed by atoms with Crippen LogP contribution in [0.3, 0.4) is 0 Å². The number of nitro benzene ring substituents is 1. The van der Waals surface area contributed by atoms with Crippen LogP contribution in [0.4, 0.5) is 16.6 Å². The summed E-state index contributed by atoms with van der Waals surface area (Å²) >= 11 is 1.40. The van der Waals surface area contributed by atoms with Gasteiger partial charge in [-0.2, -0.15) is 0 Å². The summed E-state index contributed by atoms with van der Waals surface area (Å²) in [6.45, 7) is 0. The number of nitrogens with one attached hydrogen (secondary N) is 1. The van der Waals surface area contributed by atoms with E-state index in [4.69, 9.17) is 4.74 Å². The van der Waals surface area contributed by atoms with Gasteiger partial charge in [-0.3, -0.25) is 10.1 Å². The average Bonchev–Trinajstić information content (AvgIpc) is 3.03. The number of ether oxygens (including phenoxy) is 1. The molecule has 0 radical (unpaired) electrons. The lowest BCUT2D eigenvalue weighted by molar-refractivity contribution is -0.385. The summed E-state index contributed by atoms with van der Waals surface area (Å²) in [4.78, 5) is 19.2. The molecule has 1 aromatic carbocycles. The summed E-state index contributed by atoms with van der Waals surface area (Å²) in [6.07, 6.45) is 1.68. The van der Waals surface area contributed by atoms with Crippen molar-refractivity contribution in [2.24, 2.45) is 0 Å². The Morgan fingerprint density at radius 2 is 2.17 bits per heavy atom. The highest BCUT2D eigenvalue weighted by Gasteiger charge is 2.17. The molecule has 2 heterocycles. The molecule has 0 aliphatic heterocycles. The maximum Gasteiger partial charge on any atom is 0.311 e. The summed E-state index contributed by atoms with van der Waals surface area (Å²) in [5, 5.41) is 16.7. The van der Waals surface area contributed by atoms with Crippen molar-refractivity contribution in [3.05, 3.63) is 58.1 Å². The number of aromatic nitrogens is 2. The average molecular weight is 328 g/mol. The van der Waals surface area contributed by atoms with Gasteiger partial charge >= 0.3 is 5.69 Å². The topological polar surface area (TPSA) is 90.2 Å².